The molecule has 1 unspecified atom stereocenters. The molecule has 0 bridgehead atoms. The smallest absolute Gasteiger partial charge is 0.250 e. The van der Waals surface area contributed by atoms with E-state index < -0.39 is 5.54 Å². The minimum Gasteiger partial charge on any atom is -0.338 e. The van der Waals surface area contributed by atoms with Gasteiger partial charge in [-0.15, -0.1) is 0 Å². The summed E-state index contributed by atoms with van der Waals surface area (Å²) in [7, 11) is 0. The molecule has 0 aromatic rings. The zero-order valence-corrected chi connectivity index (χ0v) is 15.0. The van der Waals surface area contributed by atoms with Crippen molar-refractivity contribution >= 4 is 17.5 Å². The first-order valence-corrected chi connectivity index (χ1v) is 9.11. The number of hydrogen-bond acceptors (Lipinski definition) is 5. The predicted molar refractivity (Wildman–Crippen MR) is 91.9 cm³/mol. The Balaban J connectivity index is 1.81. The molecule has 3 heterocycles. The third kappa shape index (κ3) is 3.22. The van der Waals surface area contributed by atoms with Gasteiger partial charge in [0.25, 0.3) is 0 Å². The Morgan fingerprint density at radius 3 is 2.70 bits per heavy atom. The lowest BCUT2D eigenvalue weighted by Gasteiger charge is -2.35. The highest BCUT2D eigenvalue weighted by Crippen LogP contribution is 2.35. The van der Waals surface area contributed by atoms with Crippen molar-refractivity contribution in [3.05, 3.63) is 10.7 Å². The van der Waals surface area contributed by atoms with Crippen LogP contribution in [0.2, 0.25) is 0 Å². The summed E-state index contributed by atoms with van der Waals surface area (Å²) >= 11 is 6.73. The zero-order valence-electron chi connectivity index (χ0n) is 14.2. The molecule has 2 N–H and O–H groups in total. The molecule has 3 aliphatic rings. The van der Waals surface area contributed by atoms with Crippen LogP contribution in [0.25, 0.3) is 0 Å². The van der Waals surface area contributed by atoms with E-state index in [1.165, 1.54) is 0 Å². The molecule has 2 fully saturated rings. The molecule has 0 aliphatic carbocycles. The molecule has 0 aromatic carbocycles. The summed E-state index contributed by atoms with van der Waals surface area (Å²) in [5.41, 5.74) is 3.66. The van der Waals surface area contributed by atoms with Crippen molar-refractivity contribution in [2.45, 2.75) is 32.2 Å². The fraction of sp³-hybridized carbons (Fsp3) is 0.812. The number of rotatable bonds is 3. The van der Waals surface area contributed by atoms with E-state index in [-0.39, 0.29) is 5.91 Å². The fourth-order valence-electron chi connectivity index (χ4n) is 3.72. The van der Waals surface area contributed by atoms with Crippen LogP contribution in [0.15, 0.2) is 10.7 Å². The van der Waals surface area contributed by atoms with Gasteiger partial charge < -0.3 is 15.2 Å². The molecule has 0 aromatic heterocycles. The van der Waals surface area contributed by atoms with E-state index in [4.69, 9.17) is 11.6 Å². The van der Waals surface area contributed by atoms with E-state index in [0.29, 0.717) is 5.03 Å². The van der Waals surface area contributed by atoms with Gasteiger partial charge in [0, 0.05) is 45.8 Å². The Bertz CT molecular complexity index is 491. The molecular formula is C16H28ClN5O. The minimum absolute atomic E-state index is 0.0895. The van der Waals surface area contributed by atoms with Gasteiger partial charge in [0.05, 0.1) is 10.7 Å². The van der Waals surface area contributed by atoms with Crippen molar-refractivity contribution in [1.82, 2.24) is 25.6 Å². The number of piperazine rings is 1. The number of carbonyl (C=O) groups excluding carboxylic acids is 1. The highest BCUT2D eigenvalue weighted by Gasteiger charge is 2.48. The number of amides is 1. The highest BCUT2D eigenvalue weighted by atomic mass is 35.5. The van der Waals surface area contributed by atoms with Gasteiger partial charge in [-0.2, -0.15) is 0 Å². The van der Waals surface area contributed by atoms with Crippen molar-refractivity contribution in [3.8, 4) is 0 Å². The molecule has 130 valence electrons. The molecule has 7 heteroatoms. The molecule has 1 amide bonds. The first kappa shape index (κ1) is 17.0. The standard InChI is InChI=1S/C16H28ClN5O/c1-3-7-20-8-4-9-22-13(12-20)14(17)16(2,19-22)15(23)21-10-5-18-6-11-21/h18-19H,3-12H2,1-2H3. The molecule has 0 saturated carbocycles. The predicted octanol–water partition coefficient (Wildman–Crippen LogP) is 0.563. The summed E-state index contributed by atoms with van der Waals surface area (Å²) in [5, 5.41) is 6.07. The Morgan fingerprint density at radius 1 is 1.26 bits per heavy atom. The van der Waals surface area contributed by atoms with E-state index in [2.05, 4.69) is 27.6 Å². The van der Waals surface area contributed by atoms with Crippen LogP contribution in [0.4, 0.5) is 0 Å². The van der Waals surface area contributed by atoms with Crippen molar-refractivity contribution < 1.29 is 4.79 Å². The van der Waals surface area contributed by atoms with Crippen LogP contribution in [0, 0.1) is 0 Å². The van der Waals surface area contributed by atoms with Crippen molar-refractivity contribution in [3.63, 3.8) is 0 Å². The summed E-state index contributed by atoms with van der Waals surface area (Å²) in [6.45, 7) is 11.2. The van der Waals surface area contributed by atoms with E-state index in [1.54, 1.807) is 0 Å². The average molecular weight is 342 g/mol. The normalized spacial score (nSPS) is 29.7. The number of nitrogens with one attached hydrogen (secondary N) is 2. The van der Waals surface area contributed by atoms with E-state index in [0.717, 1.165) is 70.9 Å². The van der Waals surface area contributed by atoms with Gasteiger partial charge in [-0.1, -0.05) is 18.5 Å². The average Bonchev–Trinajstić information content (AvgIpc) is 2.71. The van der Waals surface area contributed by atoms with Gasteiger partial charge in [0.15, 0.2) is 0 Å². The first-order chi connectivity index (χ1) is 11.1. The summed E-state index contributed by atoms with van der Waals surface area (Å²) in [6.07, 6.45) is 2.22. The van der Waals surface area contributed by atoms with Crippen LogP contribution in [-0.2, 0) is 4.79 Å². The van der Waals surface area contributed by atoms with Gasteiger partial charge >= 0.3 is 0 Å². The molecule has 23 heavy (non-hydrogen) atoms. The molecule has 0 spiro atoms. The van der Waals surface area contributed by atoms with Crippen molar-refractivity contribution in [1.29, 1.82) is 0 Å². The summed E-state index contributed by atoms with van der Waals surface area (Å²) in [5.74, 6) is 0.0895. The molecule has 1 atom stereocenters. The zero-order chi connectivity index (χ0) is 16.4. The van der Waals surface area contributed by atoms with E-state index >= 15 is 0 Å². The highest BCUT2D eigenvalue weighted by molar-refractivity contribution is 6.33. The lowest BCUT2D eigenvalue weighted by atomic mass is 10.00. The SMILES string of the molecule is CCCN1CCCN2NC(C)(C(=O)N3CCNCC3)C(Cl)=C2C1. The van der Waals surface area contributed by atoms with E-state index in [1.807, 2.05) is 11.8 Å². The van der Waals surface area contributed by atoms with Gasteiger partial charge in [-0.05, 0) is 26.3 Å². The van der Waals surface area contributed by atoms with Gasteiger partial charge in [0.2, 0.25) is 5.91 Å². The number of nitrogens with zero attached hydrogens (tertiary/aromatic N) is 3. The van der Waals surface area contributed by atoms with Crippen LogP contribution in [-0.4, -0.2) is 78.6 Å². The second-order valence-electron chi connectivity index (χ2n) is 6.82. The Labute approximate surface area is 143 Å². The second kappa shape index (κ2) is 6.97. The quantitative estimate of drug-likeness (QED) is 0.786. The number of hydrogen-bond donors (Lipinski definition) is 2. The summed E-state index contributed by atoms with van der Waals surface area (Å²) < 4.78 is 0. The fourth-order valence-corrected chi connectivity index (χ4v) is 4.00. The van der Waals surface area contributed by atoms with Gasteiger partial charge in [0.1, 0.15) is 5.54 Å². The number of halogens is 1. The lowest BCUT2D eigenvalue weighted by Crippen LogP contribution is -2.60. The molecular weight excluding hydrogens is 314 g/mol. The first-order valence-electron chi connectivity index (χ1n) is 8.73. The maximum Gasteiger partial charge on any atom is 0.250 e. The third-order valence-corrected chi connectivity index (χ3v) is 5.57. The summed E-state index contributed by atoms with van der Waals surface area (Å²) in [6, 6.07) is 0. The monoisotopic (exact) mass is 341 g/mol. The molecule has 0 radical (unpaired) electrons. The van der Waals surface area contributed by atoms with Crippen molar-refractivity contribution in [2.24, 2.45) is 0 Å². The molecule has 2 saturated heterocycles. The largest absolute Gasteiger partial charge is 0.338 e. The lowest BCUT2D eigenvalue weighted by molar-refractivity contribution is -0.137. The van der Waals surface area contributed by atoms with E-state index in [9.17, 15) is 4.79 Å². The summed E-state index contributed by atoms with van der Waals surface area (Å²) in [4.78, 5) is 17.4. The second-order valence-corrected chi connectivity index (χ2v) is 7.20. The maximum absolute atomic E-state index is 13.0. The van der Waals surface area contributed by atoms with Gasteiger partial charge in [-0.3, -0.25) is 9.69 Å². The topological polar surface area (TPSA) is 50.9 Å². The van der Waals surface area contributed by atoms with Crippen LogP contribution in [0.1, 0.15) is 26.7 Å². The number of fused-ring (bicyclic) bond motifs is 1. The third-order valence-electron chi connectivity index (χ3n) is 4.98. The minimum atomic E-state index is -0.816. The van der Waals surface area contributed by atoms with Crippen LogP contribution < -0.4 is 10.7 Å². The molecule has 3 aliphatic heterocycles. The van der Waals surface area contributed by atoms with Crippen LogP contribution in [0.5, 0.6) is 0 Å². The number of hydrazine groups is 1. The Morgan fingerprint density at radius 2 is 2.00 bits per heavy atom. The maximum atomic E-state index is 13.0. The van der Waals surface area contributed by atoms with Gasteiger partial charge in [-0.25, -0.2) is 5.43 Å². The van der Waals surface area contributed by atoms with Crippen LogP contribution in [0.3, 0.4) is 0 Å². The Hall–Kier alpha value is -0.820. The Kier molecular flexibility index (Phi) is 5.16. The molecule has 6 nitrogen and oxygen atoms in total. The number of carbonyl (C=O) groups is 1. The molecule has 3 rings (SSSR count). The van der Waals surface area contributed by atoms with Crippen LogP contribution >= 0.6 is 11.6 Å². The van der Waals surface area contributed by atoms with Crippen molar-refractivity contribution in [2.75, 3.05) is 52.4 Å².